The molecule has 0 spiro atoms. The van der Waals surface area contributed by atoms with Crippen LogP contribution in [0.5, 0.6) is 0 Å². The van der Waals surface area contributed by atoms with Crippen molar-refractivity contribution in [3.63, 3.8) is 0 Å². The predicted molar refractivity (Wildman–Crippen MR) is 117 cm³/mol. The molecule has 9 nitrogen and oxygen atoms in total. The van der Waals surface area contributed by atoms with Gasteiger partial charge >= 0.3 is 19.9 Å². The number of nitrogens with zero attached hydrogens (tertiary/aromatic N) is 4. The van der Waals surface area contributed by atoms with Gasteiger partial charge in [-0.25, -0.2) is 9.97 Å². The molecule has 36 heavy (non-hydrogen) atoms. The van der Waals surface area contributed by atoms with Crippen molar-refractivity contribution in [2.75, 3.05) is 31.9 Å². The van der Waals surface area contributed by atoms with Crippen molar-refractivity contribution in [2.24, 2.45) is 0 Å². The van der Waals surface area contributed by atoms with Crippen LogP contribution in [-0.4, -0.2) is 58.0 Å². The lowest BCUT2D eigenvalue weighted by molar-refractivity contribution is -0.166. The lowest BCUT2D eigenvalue weighted by Crippen LogP contribution is -2.21. The summed E-state index contributed by atoms with van der Waals surface area (Å²) in [7, 11) is -4.86. The fourth-order valence-electron chi connectivity index (χ4n) is 2.75. The van der Waals surface area contributed by atoms with Gasteiger partial charge in [-0.3, -0.25) is 13.6 Å². The van der Waals surface area contributed by atoms with Crippen LogP contribution in [0.1, 0.15) is 5.56 Å². The van der Waals surface area contributed by atoms with Crippen LogP contribution in [-0.2, 0) is 24.9 Å². The average molecular weight is 559 g/mol. The Balaban J connectivity index is 1.67. The van der Waals surface area contributed by atoms with Gasteiger partial charge in [-0.05, 0) is 19.1 Å². The van der Waals surface area contributed by atoms with E-state index in [9.17, 15) is 30.9 Å². The van der Waals surface area contributed by atoms with Crippen molar-refractivity contribution in [1.82, 2.24) is 19.5 Å². The molecule has 3 aromatic rings. The van der Waals surface area contributed by atoms with Crippen LogP contribution >= 0.6 is 19.4 Å². The Morgan fingerprint density at radius 1 is 1.08 bits per heavy atom. The molecule has 2 heterocycles. The summed E-state index contributed by atoms with van der Waals surface area (Å²) >= 11 is 1.31. The number of hydrogen-bond acceptors (Lipinski definition) is 9. The van der Waals surface area contributed by atoms with Gasteiger partial charge in [0.1, 0.15) is 16.9 Å². The van der Waals surface area contributed by atoms with E-state index in [0.717, 1.165) is 10.5 Å². The van der Waals surface area contributed by atoms with Gasteiger partial charge in [0.2, 0.25) is 5.95 Å². The summed E-state index contributed by atoms with van der Waals surface area (Å²) in [5, 5.41) is 0.480. The maximum atomic E-state index is 12.4. The molecule has 0 saturated carbocycles. The summed E-state index contributed by atoms with van der Waals surface area (Å²) < 4.78 is 102. The summed E-state index contributed by atoms with van der Waals surface area (Å²) in [5.41, 5.74) is 7.61. The number of benzene rings is 1. The van der Waals surface area contributed by atoms with E-state index in [1.165, 1.54) is 22.7 Å². The van der Waals surface area contributed by atoms with Gasteiger partial charge in [0.25, 0.3) is 0 Å². The normalized spacial score (nSPS) is 13.0. The fraction of sp³-hybridized carbons (Fsp3) is 0.421. The second-order valence-electron chi connectivity index (χ2n) is 7.34. The molecule has 0 aliphatic carbocycles. The number of fused-ring (bicyclic) bond motifs is 1. The molecule has 198 valence electrons. The van der Waals surface area contributed by atoms with E-state index in [-0.39, 0.29) is 19.1 Å². The van der Waals surface area contributed by atoms with E-state index in [1.807, 2.05) is 31.2 Å². The Morgan fingerprint density at radius 2 is 1.75 bits per heavy atom. The first kappa shape index (κ1) is 28.2. The van der Waals surface area contributed by atoms with Crippen molar-refractivity contribution >= 4 is 36.5 Å². The van der Waals surface area contributed by atoms with Crippen LogP contribution < -0.4 is 5.73 Å². The molecule has 0 saturated heterocycles. The number of aromatic nitrogens is 4. The smallest absolute Gasteiger partial charge is 0.368 e. The molecule has 0 fully saturated rings. The fourth-order valence-corrected chi connectivity index (χ4v) is 5.01. The molecule has 0 aliphatic rings. The van der Waals surface area contributed by atoms with E-state index in [2.05, 4.69) is 24.0 Å². The van der Waals surface area contributed by atoms with Gasteiger partial charge in [0, 0.05) is 11.4 Å². The predicted octanol–water partition coefficient (Wildman–Crippen LogP) is 5.19. The highest BCUT2D eigenvalue weighted by atomic mass is 32.2. The van der Waals surface area contributed by atoms with Gasteiger partial charge in [-0.1, -0.05) is 29.5 Å². The summed E-state index contributed by atoms with van der Waals surface area (Å²) in [6.07, 6.45) is -9.60. The molecule has 17 heteroatoms. The van der Waals surface area contributed by atoms with Crippen LogP contribution in [0.4, 0.5) is 32.3 Å². The summed E-state index contributed by atoms with van der Waals surface area (Å²) in [4.78, 5) is 13.5. The third-order valence-electron chi connectivity index (χ3n) is 4.23. The van der Waals surface area contributed by atoms with Gasteiger partial charge in [-0.15, -0.1) is 0 Å². The number of alkyl halides is 6. The minimum atomic E-state index is -4.93. The molecule has 0 radical (unpaired) electrons. The number of imidazole rings is 1. The molecule has 3 rings (SSSR count). The first-order valence-electron chi connectivity index (χ1n) is 10.1. The lowest BCUT2D eigenvalue weighted by Gasteiger charge is -2.20. The highest BCUT2D eigenvalue weighted by Crippen LogP contribution is 2.50. The quantitative estimate of drug-likeness (QED) is 0.147. The van der Waals surface area contributed by atoms with E-state index in [4.69, 9.17) is 10.5 Å². The minimum absolute atomic E-state index is 0.0000464. The van der Waals surface area contributed by atoms with Gasteiger partial charge < -0.3 is 15.0 Å². The van der Waals surface area contributed by atoms with Crippen molar-refractivity contribution in [2.45, 2.75) is 35.7 Å². The molecule has 0 aliphatic heterocycles. The second kappa shape index (κ2) is 11.3. The highest BCUT2D eigenvalue weighted by Gasteiger charge is 2.38. The maximum Gasteiger partial charge on any atom is 0.412 e. The average Bonchev–Trinajstić information content (AvgIpc) is 3.16. The number of ether oxygens (including phenoxy) is 1. The molecular formula is C19H20F6N5O4PS. The van der Waals surface area contributed by atoms with Crippen LogP contribution in [0.25, 0.3) is 11.2 Å². The SMILES string of the molecule is Cc1cccc(Sc2nc(N)nc3c2ncn3CCOCP(=O)(OCC(F)(F)F)OCC(F)(F)F)c1. The van der Waals surface area contributed by atoms with Crippen LogP contribution in [0.3, 0.4) is 0 Å². The van der Waals surface area contributed by atoms with Crippen molar-refractivity contribution in [1.29, 1.82) is 0 Å². The van der Waals surface area contributed by atoms with Crippen molar-refractivity contribution < 1.29 is 44.7 Å². The lowest BCUT2D eigenvalue weighted by atomic mass is 10.2. The third-order valence-corrected chi connectivity index (χ3v) is 6.74. The number of hydrogen-bond donors (Lipinski definition) is 1. The monoisotopic (exact) mass is 559 g/mol. The zero-order valence-corrected chi connectivity index (χ0v) is 20.3. The minimum Gasteiger partial charge on any atom is -0.368 e. The van der Waals surface area contributed by atoms with E-state index in [1.54, 1.807) is 0 Å². The molecule has 0 atom stereocenters. The summed E-state index contributed by atoms with van der Waals surface area (Å²) in [6, 6.07) is 7.64. The molecule has 1 aromatic carbocycles. The topological polar surface area (TPSA) is 114 Å². The molecule has 2 N–H and O–H groups in total. The first-order chi connectivity index (χ1) is 16.7. The number of rotatable bonds is 11. The molecule has 0 bridgehead atoms. The molecule has 2 aromatic heterocycles. The third kappa shape index (κ3) is 8.62. The van der Waals surface area contributed by atoms with E-state index >= 15 is 0 Å². The first-order valence-corrected chi connectivity index (χ1v) is 12.6. The van der Waals surface area contributed by atoms with E-state index in [0.29, 0.717) is 16.2 Å². The zero-order valence-electron chi connectivity index (χ0n) is 18.5. The van der Waals surface area contributed by atoms with Crippen molar-refractivity contribution in [3.8, 4) is 0 Å². The number of aryl methyl sites for hydroxylation is 1. The molecular weight excluding hydrogens is 539 g/mol. The van der Waals surface area contributed by atoms with E-state index < -0.39 is 39.5 Å². The summed E-state index contributed by atoms with van der Waals surface area (Å²) in [6.45, 7) is -2.47. The number of anilines is 1. The molecule has 0 amide bonds. The Labute approximate surface area is 204 Å². The van der Waals surface area contributed by atoms with Gasteiger partial charge in [-0.2, -0.15) is 31.3 Å². The van der Waals surface area contributed by atoms with Crippen molar-refractivity contribution in [3.05, 3.63) is 36.2 Å². The number of nitrogen functional groups attached to an aromatic ring is 1. The Hall–Kier alpha value is -2.39. The Bertz CT molecular complexity index is 1220. The molecule has 0 unspecified atom stereocenters. The van der Waals surface area contributed by atoms with Crippen LogP contribution in [0.15, 0.2) is 40.5 Å². The highest BCUT2D eigenvalue weighted by molar-refractivity contribution is 7.99. The van der Waals surface area contributed by atoms with Crippen LogP contribution in [0, 0.1) is 6.92 Å². The Kier molecular flexibility index (Phi) is 8.88. The second-order valence-corrected chi connectivity index (χ2v) is 10.4. The van der Waals surface area contributed by atoms with Gasteiger partial charge in [0.15, 0.2) is 18.9 Å². The van der Waals surface area contributed by atoms with Crippen LogP contribution in [0.2, 0.25) is 0 Å². The zero-order chi connectivity index (χ0) is 26.6. The summed E-state index contributed by atoms with van der Waals surface area (Å²) in [5.74, 6) is -0.0362. The Morgan fingerprint density at radius 3 is 2.36 bits per heavy atom. The number of nitrogens with two attached hydrogens (primary N) is 1. The number of halogens is 6. The standard InChI is InChI=1S/C19H20F6N5O4PS/c1-12-3-2-4-13(7-12)36-16-14-15(28-17(26)29-16)30(10-27-14)5-6-32-11-35(31,33-8-18(20,21)22)34-9-19(23,24)25/h2-4,7,10H,5-6,8-9,11H2,1H3,(H2,26,28,29). The van der Waals surface area contributed by atoms with Gasteiger partial charge in [0.05, 0.1) is 12.9 Å². The largest absolute Gasteiger partial charge is 0.412 e. The maximum absolute atomic E-state index is 12.4.